The van der Waals surface area contributed by atoms with Gasteiger partial charge in [-0.05, 0) is 43.1 Å². The van der Waals surface area contributed by atoms with Crippen molar-refractivity contribution in [3.63, 3.8) is 0 Å². The van der Waals surface area contributed by atoms with Crippen molar-refractivity contribution in [3.05, 3.63) is 83.1 Å². The highest BCUT2D eigenvalue weighted by atomic mass is 16.5. The van der Waals surface area contributed by atoms with Gasteiger partial charge in [0.15, 0.2) is 5.89 Å². The summed E-state index contributed by atoms with van der Waals surface area (Å²) in [5.74, 6) is 1.87. The number of para-hydroxylation sites is 1. The number of hydrogen-bond donors (Lipinski definition) is 1. The van der Waals surface area contributed by atoms with Crippen LogP contribution in [0, 0.1) is 0 Å². The monoisotopic (exact) mass is 406 g/mol. The van der Waals surface area contributed by atoms with E-state index in [2.05, 4.69) is 9.88 Å². The smallest absolute Gasteiger partial charge is 0.335 e. The molecule has 1 aromatic heterocycles. The van der Waals surface area contributed by atoms with Crippen molar-refractivity contribution in [2.75, 3.05) is 20.2 Å². The van der Waals surface area contributed by atoms with E-state index in [4.69, 9.17) is 14.3 Å². The van der Waals surface area contributed by atoms with Gasteiger partial charge in [-0.15, -0.1) is 0 Å². The maximum absolute atomic E-state index is 11.0. The molecule has 0 amide bonds. The van der Waals surface area contributed by atoms with Crippen LogP contribution in [0.2, 0.25) is 0 Å². The van der Waals surface area contributed by atoms with E-state index < -0.39 is 5.97 Å². The molecule has 1 saturated heterocycles. The van der Waals surface area contributed by atoms with Crippen LogP contribution in [0.25, 0.3) is 0 Å². The molecule has 0 unspecified atom stereocenters. The highest BCUT2D eigenvalue weighted by Crippen LogP contribution is 2.29. The summed E-state index contributed by atoms with van der Waals surface area (Å²) in [6.07, 6.45) is 4.62. The van der Waals surface area contributed by atoms with Gasteiger partial charge in [-0.1, -0.05) is 30.3 Å². The van der Waals surface area contributed by atoms with E-state index in [1.807, 2.05) is 42.6 Å². The number of ether oxygens (including phenoxy) is 1. The number of nitrogens with zero attached hydrogens (tertiary/aromatic N) is 2. The normalized spacial score (nSPS) is 17.0. The molecule has 2 heterocycles. The Bertz CT molecular complexity index is 996. The van der Waals surface area contributed by atoms with Gasteiger partial charge in [-0.3, -0.25) is 4.90 Å². The molecule has 1 fully saturated rings. The molecule has 0 saturated carbocycles. The fourth-order valence-corrected chi connectivity index (χ4v) is 4.04. The van der Waals surface area contributed by atoms with E-state index in [-0.39, 0.29) is 5.92 Å². The Kier molecular flexibility index (Phi) is 6.14. The van der Waals surface area contributed by atoms with Gasteiger partial charge >= 0.3 is 5.97 Å². The zero-order valence-corrected chi connectivity index (χ0v) is 17.1. The molecule has 1 aliphatic heterocycles. The Morgan fingerprint density at radius 3 is 2.80 bits per heavy atom. The number of oxazole rings is 1. The number of carboxylic acids is 1. The predicted molar refractivity (Wildman–Crippen MR) is 113 cm³/mol. The molecule has 156 valence electrons. The highest BCUT2D eigenvalue weighted by Gasteiger charge is 2.25. The van der Waals surface area contributed by atoms with Crippen molar-refractivity contribution in [3.8, 4) is 5.75 Å². The Morgan fingerprint density at radius 2 is 2.03 bits per heavy atom. The van der Waals surface area contributed by atoms with Crippen molar-refractivity contribution < 1.29 is 19.1 Å². The van der Waals surface area contributed by atoms with Crippen LogP contribution < -0.4 is 4.74 Å². The van der Waals surface area contributed by atoms with Gasteiger partial charge in [-0.25, -0.2) is 9.78 Å². The molecule has 0 aliphatic carbocycles. The van der Waals surface area contributed by atoms with Gasteiger partial charge < -0.3 is 14.3 Å². The molecule has 30 heavy (non-hydrogen) atoms. The summed E-state index contributed by atoms with van der Waals surface area (Å²) >= 11 is 0. The molecule has 0 bridgehead atoms. The average Bonchev–Trinajstić information content (AvgIpc) is 3.23. The van der Waals surface area contributed by atoms with E-state index in [0.29, 0.717) is 12.0 Å². The quantitative estimate of drug-likeness (QED) is 0.629. The Hall–Kier alpha value is -3.12. The van der Waals surface area contributed by atoms with Crippen LogP contribution >= 0.6 is 0 Å². The zero-order valence-electron chi connectivity index (χ0n) is 17.1. The van der Waals surface area contributed by atoms with Crippen LogP contribution in [0.1, 0.15) is 51.9 Å². The minimum Gasteiger partial charge on any atom is -0.496 e. The molecule has 1 atom stereocenters. The standard InChI is InChI=1S/C24H26N2O4/c1-29-22-7-3-2-5-19(22)13-21-14-25-23(30-21)20-6-4-12-26(16-20)15-17-8-10-18(11-9-17)24(27)28/h2-3,5,7-11,14,20H,4,6,12-13,15-16H2,1H3,(H,27,28)/t20-/m0/s1. The molecule has 2 aromatic carbocycles. The molecule has 1 N–H and O–H groups in total. The van der Waals surface area contributed by atoms with Gasteiger partial charge in [0.2, 0.25) is 0 Å². The fourth-order valence-electron chi connectivity index (χ4n) is 4.04. The number of aromatic nitrogens is 1. The lowest BCUT2D eigenvalue weighted by Gasteiger charge is -2.31. The largest absolute Gasteiger partial charge is 0.496 e. The van der Waals surface area contributed by atoms with Crippen LogP contribution in [0.15, 0.2) is 59.1 Å². The molecule has 3 aromatic rings. The number of likely N-dealkylation sites (tertiary alicyclic amines) is 1. The maximum atomic E-state index is 11.0. The van der Waals surface area contributed by atoms with Gasteiger partial charge in [0, 0.05) is 31.0 Å². The van der Waals surface area contributed by atoms with Crippen LogP contribution in [0.4, 0.5) is 0 Å². The summed E-state index contributed by atoms with van der Waals surface area (Å²) < 4.78 is 11.5. The molecule has 0 radical (unpaired) electrons. The van der Waals surface area contributed by atoms with Crippen molar-refractivity contribution in [2.45, 2.75) is 31.7 Å². The van der Waals surface area contributed by atoms with Gasteiger partial charge in [0.1, 0.15) is 11.5 Å². The molecule has 1 aliphatic rings. The van der Waals surface area contributed by atoms with E-state index in [1.165, 1.54) is 0 Å². The fraction of sp³-hybridized carbons (Fsp3) is 0.333. The van der Waals surface area contributed by atoms with Crippen molar-refractivity contribution >= 4 is 5.97 Å². The summed E-state index contributed by atoms with van der Waals surface area (Å²) in [4.78, 5) is 18.0. The van der Waals surface area contributed by atoms with Crippen LogP contribution in [-0.4, -0.2) is 41.2 Å². The lowest BCUT2D eigenvalue weighted by Crippen LogP contribution is -2.34. The molecule has 6 heteroatoms. The molecular formula is C24H26N2O4. The lowest BCUT2D eigenvalue weighted by molar-refractivity contribution is 0.0697. The first-order chi connectivity index (χ1) is 14.6. The Balaban J connectivity index is 1.39. The van der Waals surface area contributed by atoms with E-state index in [9.17, 15) is 4.79 Å². The highest BCUT2D eigenvalue weighted by molar-refractivity contribution is 5.87. The second-order valence-electron chi connectivity index (χ2n) is 7.73. The minimum atomic E-state index is -0.896. The Morgan fingerprint density at radius 1 is 1.23 bits per heavy atom. The van der Waals surface area contributed by atoms with Crippen LogP contribution in [0.3, 0.4) is 0 Å². The second-order valence-corrected chi connectivity index (χ2v) is 7.73. The third-order valence-electron chi connectivity index (χ3n) is 5.59. The maximum Gasteiger partial charge on any atom is 0.335 e. The number of piperidine rings is 1. The topological polar surface area (TPSA) is 75.8 Å². The molecule has 0 spiro atoms. The summed E-state index contributed by atoms with van der Waals surface area (Å²) in [5.41, 5.74) is 2.51. The van der Waals surface area contributed by atoms with Crippen LogP contribution in [-0.2, 0) is 13.0 Å². The summed E-state index contributed by atoms with van der Waals surface area (Å²) in [7, 11) is 1.68. The zero-order chi connectivity index (χ0) is 20.9. The molecule has 4 rings (SSSR count). The Labute approximate surface area is 176 Å². The number of carbonyl (C=O) groups is 1. The van der Waals surface area contributed by atoms with Crippen LogP contribution in [0.5, 0.6) is 5.75 Å². The van der Waals surface area contributed by atoms with Crippen molar-refractivity contribution in [1.29, 1.82) is 0 Å². The SMILES string of the molecule is COc1ccccc1Cc1cnc([C@H]2CCCN(Cc3ccc(C(=O)O)cc3)C2)o1. The lowest BCUT2D eigenvalue weighted by atomic mass is 9.97. The second kappa shape index (κ2) is 9.13. The predicted octanol–water partition coefficient (Wildman–Crippen LogP) is 4.35. The third-order valence-corrected chi connectivity index (χ3v) is 5.59. The number of hydrogen-bond acceptors (Lipinski definition) is 5. The summed E-state index contributed by atoms with van der Waals surface area (Å²) in [5, 5.41) is 9.05. The molecule has 6 nitrogen and oxygen atoms in total. The summed E-state index contributed by atoms with van der Waals surface area (Å²) in [6, 6.07) is 15.1. The number of methoxy groups -OCH3 is 1. The van der Waals surface area contributed by atoms with Gasteiger partial charge in [-0.2, -0.15) is 0 Å². The van der Waals surface area contributed by atoms with E-state index in [0.717, 1.165) is 61.0 Å². The first kappa shape index (κ1) is 20.2. The van der Waals surface area contributed by atoms with Crippen molar-refractivity contribution in [1.82, 2.24) is 9.88 Å². The van der Waals surface area contributed by atoms with E-state index in [1.54, 1.807) is 19.2 Å². The van der Waals surface area contributed by atoms with E-state index >= 15 is 0 Å². The average molecular weight is 406 g/mol. The van der Waals surface area contributed by atoms with Gasteiger partial charge in [0.25, 0.3) is 0 Å². The van der Waals surface area contributed by atoms with Crippen molar-refractivity contribution in [2.24, 2.45) is 0 Å². The number of aromatic carboxylic acids is 1. The molecular weight excluding hydrogens is 380 g/mol. The number of rotatable bonds is 7. The summed E-state index contributed by atoms with van der Waals surface area (Å²) in [6.45, 7) is 2.70. The first-order valence-electron chi connectivity index (χ1n) is 10.2. The van der Waals surface area contributed by atoms with Gasteiger partial charge in [0.05, 0.1) is 18.9 Å². The third kappa shape index (κ3) is 4.71. The minimum absolute atomic E-state index is 0.267. The number of carboxylic acid groups (broad SMARTS) is 1. The first-order valence-corrected chi connectivity index (χ1v) is 10.2. The number of benzene rings is 2.